The van der Waals surface area contributed by atoms with Gasteiger partial charge in [-0.2, -0.15) is 0 Å². The van der Waals surface area contributed by atoms with Crippen LogP contribution in [0.5, 0.6) is 0 Å². The first kappa shape index (κ1) is 18.3. The number of hydrazine groups is 1. The van der Waals surface area contributed by atoms with Crippen molar-refractivity contribution in [2.75, 3.05) is 18.8 Å². The maximum atomic E-state index is 13.4. The van der Waals surface area contributed by atoms with Gasteiger partial charge in [0.1, 0.15) is 5.82 Å². The van der Waals surface area contributed by atoms with Crippen molar-refractivity contribution in [1.29, 1.82) is 0 Å². The van der Waals surface area contributed by atoms with E-state index in [9.17, 15) is 18.8 Å². The molecule has 0 saturated carbocycles. The van der Waals surface area contributed by atoms with Crippen molar-refractivity contribution in [3.05, 3.63) is 30.1 Å². The Kier molecular flexibility index (Phi) is 6.60. The molecule has 0 bridgehead atoms. The Morgan fingerprint density at radius 3 is 2.75 bits per heavy atom. The zero-order valence-electron chi connectivity index (χ0n) is 13.4. The van der Waals surface area contributed by atoms with Crippen LogP contribution in [0.4, 0.5) is 4.39 Å². The highest BCUT2D eigenvalue weighted by atomic mass is 32.2. The second-order valence-electron chi connectivity index (χ2n) is 5.56. The molecule has 0 radical (unpaired) electrons. The number of piperidine rings is 1. The lowest BCUT2D eigenvalue weighted by molar-refractivity contribution is -0.136. The van der Waals surface area contributed by atoms with Crippen LogP contribution in [-0.4, -0.2) is 41.5 Å². The fraction of sp³-hybridized carbons (Fsp3) is 0.438. The largest absolute Gasteiger partial charge is 0.342 e. The number of hydrogen-bond acceptors (Lipinski definition) is 4. The predicted molar refractivity (Wildman–Crippen MR) is 88.4 cm³/mol. The van der Waals surface area contributed by atoms with Crippen LogP contribution in [0, 0.1) is 11.7 Å². The molecule has 0 unspecified atom stereocenters. The highest BCUT2D eigenvalue weighted by molar-refractivity contribution is 8.00. The van der Waals surface area contributed by atoms with Gasteiger partial charge in [-0.3, -0.25) is 25.2 Å². The number of hydrogen-bond donors (Lipinski definition) is 2. The van der Waals surface area contributed by atoms with Crippen LogP contribution < -0.4 is 10.9 Å². The van der Waals surface area contributed by atoms with Gasteiger partial charge in [0.25, 0.3) is 0 Å². The van der Waals surface area contributed by atoms with Crippen LogP contribution in [0.1, 0.15) is 19.8 Å². The summed E-state index contributed by atoms with van der Waals surface area (Å²) in [6, 6.07) is 6.18. The molecule has 1 heterocycles. The minimum absolute atomic E-state index is 0.00848. The van der Waals surface area contributed by atoms with Gasteiger partial charge >= 0.3 is 0 Å². The number of amides is 3. The molecule has 0 aromatic heterocycles. The van der Waals surface area contributed by atoms with Crippen molar-refractivity contribution in [2.45, 2.75) is 24.7 Å². The van der Waals surface area contributed by atoms with Crippen molar-refractivity contribution in [1.82, 2.24) is 15.8 Å². The minimum atomic E-state index is -0.421. The third kappa shape index (κ3) is 5.23. The molecule has 0 spiro atoms. The molecule has 8 heteroatoms. The van der Waals surface area contributed by atoms with Crippen LogP contribution >= 0.6 is 11.8 Å². The van der Waals surface area contributed by atoms with Gasteiger partial charge in [-0.25, -0.2) is 4.39 Å². The normalized spacial score (nSPS) is 17.2. The maximum Gasteiger partial charge on any atom is 0.248 e. The molecule has 24 heavy (non-hydrogen) atoms. The number of carbonyl (C=O) groups is 3. The zero-order valence-corrected chi connectivity index (χ0v) is 14.2. The molecule has 1 aliphatic heterocycles. The summed E-state index contributed by atoms with van der Waals surface area (Å²) < 4.78 is 13.4. The Bertz CT molecular complexity index is 626. The van der Waals surface area contributed by atoms with E-state index in [1.54, 1.807) is 23.1 Å². The quantitative estimate of drug-likeness (QED) is 0.632. The van der Waals surface area contributed by atoms with Gasteiger partial charge in [0, 0.05) is 24.9 Å². The van der Waals surface area contributed by atoms with E-state index < -0.39 is 5.91 Å². The molecule has 2 rings (SSSR count). The molecule has 1 aromatic rings. The Balaban J connectivity index is 1.74. The molecule has 130 valence electrons. The summed E-state index contributed by atoms with van der Waals surface area (Å²) in [6.07, 6.45) is 1.43. The van der Waals surface area contributed by atoms with E-state index in [0.717, 1.165) is 18.2 Å². The van der Waals surface area contributed by atoms with Crippen molar-refractivity contribution < 1.29 is 18.8 Å². The van der Waals surface area contributed by atoms with Gasteiger partial charge in [-0.05, 0) is 25.0 Å². The summed E-state index contributed by atoms with van der Waals surface area (Å²) in [4.78, 5) is 37.2. The van der Waals surface area contributed by atoms with Gasteiger partial charge in [0.05, 0.1) is 11.7 Å². The minimum Gasteiger partial charge on any atom is -0.342 e. The first-order chi connectivity index (χ1) is 11.5. The Labute approximate surface area is 144 Å². The highest BCUT2D eigenvalue weighted by Gasteiger charge is 2.27. The lowest BCUT2D eigenvalue weighted by Gasteiger charge is -2.31. The van der Waals surface area contributed by atoms with E-state index >= 15 is 0 Å². The zero-order chi connectivity index (χ0) is 17.5. The molecule has 1 atom stereocenters. The molecule has 0 aliphatic carbocycles. The molecule has 2 N–H and O–H groups in total. The van der Waals surface area contributed by atoms with Crippen molar-refractivity contribution in [3.8, 4) is 0 Å². The van der Waals surface area contributed by atoms with Gasteiger partial charge in [-0.15, -0.1) is 11.8 Å². The number of rotatable bonds is 4. The van der Waals surface area contributed by atoms with Gasteiger partial charge in [0.15, 0.2) is 0 Å². The van der Waals surface area contributed by atoms with E-state index in [0.29, 0.717) is 24.4 Å². The first-order valence-corrected chi connectivity index (χ1v) is 8.67. The Morgan fingerprint density at radius 1 is 1.29 bits per heavy atom. The van der Waals surface area contributed by atoms with Gasteiger partial charge in [0.2, 0.25) is 17.7 Å². The summed E-state index contributed by atoms with van der Waals surface area (Å²) in [5.74, 6) is -1.52. The summed E-state index contributed by atoms with van der Waals surface area (Å²) in [5, 5.41) is 0. The fourth-order valence-electron chi connectivity index (χ4n) is 2.45. The molecule has 1 aromatic carbocycles. The summed E-state index contributed by atoms with van der Waals surface area (Å²) in [6.45, 7) is 2.49. The van der Waals surface area contributed by atoms with Crippen molar-refractivity contribution >= 4 is 29.5 Å². The second kappa shape index (κ2) is 8.68. The number of halogens is 1. The Morgan fingerprint density at radius 2 is 2.04 bits per heavy atom. The van der Waals surface area contributed by atoms with Crippen LogP contribution in [0.25, 0.3) is 0 Å². The molecule has 1 aliphatic rings. The highest BCUT2D eigenvalue weighted by Crippen LogP contribution is 2.20. The molecule has 1 saturated heterocycles. The SMILES string of the molecule is CC(=O)N1CCC[C@H](C(=O)NNC(=O)CSc2ccccc2F)C1. The van der Waals surface area contributed by atoms with E-state index in [-0.39, 0.29) is 29.3 Å². The molecule has 1 fully saturated rings. The van der Waals surface area contributed by atoms with Crippen molar-refractivity contribution in [2.24, 2.45) is 5.92 Å². The van der Waals surface area contributed by atoms with Crippen LogP contribution in [0.3, 0.4) is 0 Å². The Hall–Kier alpha value is -2.09. The van der Waals surface area contributed by atoms with Gasteiger partial charge < -0.3 is 4.90 Å². The molecule has 3 amide bonds. The third-order valence-corrected chi connectivity index (χ3v) is 4.81. The second-order valence-corrected chi connectivity index (χ2v) is 6.58. The number of likely N-dealkylation sites (tertiary alicyclic amines) is 1. The summed E-state index contributed by atoms with van der Waals surface area (Å²) >= 11 is 1.06. The summed E-state index contributed by atoms with van der Waals surface area (Å²) in [7, 11) is 0. The molecular formula is C16H20FN3O3S. The predicted octanol–water partition coefficient (Wildman–Crippen LogP) is 1.32. The smallest absolute Gasteiger partial charge is 0.248 e. The lowest BCUT2D eigenvalue weighted by atomic mass is 9.97. The molecule has 6 nitrogen and oxygen atoms in total. The number of carbonyl (C=O) groups excluding carboxylic acids is 3. The topological polar surface area (TPSA) is 78.5 Å². The van der Waals surface area contributed by atoms with Crippen LogP contribution in [0.2, 0.25) is 0 Å². The van der Waals surface area contributed by atoms with Crippen molar-refractivity contribution in [3.63, 3.8) is 0 Å². The lowest BCUT2D eigenvalue weighted by Crippen LogP contribution is -2.50. The van der Waals surface area contributed by atoms with E-state index in [1.165, 1.54) is 13.0 Å². The van der Waals surface area contributed by atoms with Crippen LogP contribution in [-0.2, 0) is 14.4 Å². The first-order valence-electron chi connectivity index (χ1n) is 7.69. The van der Waals surface area contributed by atoms with E-state index in [2.05, 4.69) is 10.9 Å². The fourth-order valence-corrected chi connectivity index (χ4v) is 3.19. The monoisotopic (exact) mass is 353 g/mol. The standard InChI is InChI=1S/C16H20FN3O3S/c1-11(21)20-8-4-5-12(9-20)16(23)19-18-15(22)10-24-14-7-3-2-6-13(14)17/h2-3,6-7,12H,4-5,8-10H2,1H3,(H,18,22)(H,19,23)/t12-/m0/s1. The summed E-state index contributed by atoms with van der Waals surface area (Å²) in [5.41, 5.74) is 4.71. The van der Waals surface area contributed by atoms with Gasteiger partial charge in [-0.1, -0.05) is 12.1 Å². The average Bonchev–Trinajstić information content (AvgIpc) is 2.59. The number of nitrogens with zero attached hydrogens (tertiary/aromatic N) is 1. The van der Waals surface area contributed by atoms with E-state index in [4.69, 9.17) is 0 Å². The number of benzene rings is 1. The van der Waals surface area contributed by atoms with E-state index in [1.807, 2.05) is 0 Å². The maximum absolute atomic E-state index is 13.4. The third-order valence-electron chi connectivity index (χ3n) is 3.76. The number of nitrogens with one attached hydrogen (secondary N) is 2. The molecular weight excluding hydrogens is 333 g/mol. The van der Waals surface area contributed by atoms with Crippen LogP contribution in [0.15, 0.2) is 29.2 Å². The average molecular weight is 353 g/mol. The number of thioether (sulfide) groups is 1.